The number of aromatic nitrogens is 4. The number of aromatic amines is 1. The Labute approximate surface area is 108 Å². The van der Waals surface area contributed by atoms with E-state index in [-0.39, 0.29) is 11.9 Å². The van der Waals surface area contributed by atoms with Crippen molar-refractivity contribution in [1.82, 2.24) is 19.8 Å². The van der Waals surface area contributed by atoms with E-state index >= 15 is 0 Å². The third kappa shape index (κ3) is 2.49. The van der Waals surface area contributed by atoms with Gasteiger partial charge in [0.2, 0.25) is 0 Å². The zero-order valence-corrected chi connectivity index (χ0v) is 10.6. The number of hydrogen-bond acceptors (Lipinski definition) is 6. The molecule has 1 unspecified atom stereocenters. The second-order valence-corrected chi connectivity index (χ2v) is 4.25. The van der Waals surface area contributed by atoms with Crippen LogP contribution < -0.4 is 16.3 Å². The summed E-state index contributed by atoms with van der Waals surface area (Å²) in [5.74, 6) is 0.732. The fourth-order valence-electron chi connectivity index (χ4n) is 1.69. The Kier molecular flexibility index (Phi) is 3.36. The standard InChI is InChI=1S/C10H15N7O2/c1-6(5-7(11)15-19)16(2)9-4-3-8-12-13-10(18)17(8)14-9/h3-4,6,19H,5H2,1-2H3,(H2,11,15)(H,13,18). The van der Waals surface area contributed by atoms with Crippen molar-refractivity contribution < 1.29 is 5.21 Å². The summed E-state index contributed by atoms with van der Waals surface area (Å²) in [6, 6.07) is 3.40. The first kappa shape index (κ1) is 12.9. The summed E-state index contributed by atoms with van der Waals surface area (Å²) >= 11 is 0. The van der Waals surface area contributed by atoms with Gasteiger partial charge in [0.25, 0.3) is 0 Å². The SMILES string of the molecule is CC(CC(N)=NO)N(C)c1ccc2n[nH]c(=O)n2n1. The van der Waals surface area contributed by atoms with Gasteiger partial charge in [-0.05, 0) is 19.1 Å². The molecule has 0 aliphatic carbocycles. The maximum Gasteiger partial charge on any atom is 0.364 e. The van der Waals surface area contributed by atoms with E-state index in [9.17, 15) is 4.79 Å². The first-order chi connectivity index (χ1) is 9.02. The lowest BCUT2D eigenvalue weighted by Crippen LogP contribution is -2.34. The van der Waals surface area contributed by atoms with Crippen LogP contribution in [0.3, 0.4) is 0 Å². The molecule has 0 aliphatic rings. The lowest BCUT2D eigenvalue weighted by Gasteiger charge is -2.25. The third-order valence-electron chi connectivity index (χ3n) is 2.91. The highest BCUT2D eigenvalue weighted by atomic mass is 16.4. The van der Waals surface area contributed by atoms with Gasteiger partial charge in [0.05, 0.1) is 0 Å². The van der Waals surface area contributed by atoms with Gasteiger partial charge in [-0.2, -0.15) is 9.61 Å². The van der Waals surface area contributed by atoms with Gasteiger partial charge >= 0.3 is 5.69 Å². The minimum Gasteiger partial charge on any atom is -0.409 e. The van der Waals surface area contributed by atoms with Crippen LogP contribution >= 0.6 is 0 Å². The maximum absolute atomic E-state index is 11.4. The Balaban J connectivity index is 2.27. The van der Waals surface area contributed by atoms with Crippen molar-refractivity contribution in [3.63, 3.8) is 0 Å². The Morgan fingerprint density at radius 2 is 2.42 bits per heavy atom. The molecule has 0 bridgehead atoms. The zero-order valence-electron chi connectivity index (χ0n) is 10.6. The largest absolute Gasteiger partial charge is 0.409 e. The molecule has 19 heavy (non-hydrogen) atoms. The first-order valence-corrected chi connectivity index (χ1v) is 5.66. The smallest absolute Gasteiger partial charge is 0.364 e. The van der Waals surface area contributed by atoms with Crippen molar-refractivity contribution in [1.29, 1.82) is 0 Å². The van der Waals surface area contributed by atoms with Crippen LogP contribution in [0.15, 0.2) is 22.1 Å². The molecule has 2 rings (SSSR count). The average molecular weight is 265 g/mol. The van der Waals surface area contributed by atoms with Crippen molar-refractivity contribution in [3.05, 3.63) is 22.6 Å². The molecule has 9 nitrogen and oxygen atoms in total. The second-order valence-electron chi connectivity index (χ2n) is 4.25. The summed E-state index contributed by atoms with van der Waals surface area (Å²) in [7, 11) is 1.81. The van der Waals surface area contributed by atoms with Crippen molar-refractivity contribution >= 4 is 17.3 Å². The lowest BCUT2D eigenvalue weighted by atomic mass is 10.2. The third-order valence-corrected chi connectivity index (χ3v) is 2.91. The molecule has 0 aromatic carbocycles. The Hall–Kier alpha value is -2.58. The fourth-order valence-corrected chi connectivity index (χ4v) is 1.69. The molecule has 2 heterocycles. The van der Waals surface area contributed by atoms with E-state index < -0.39 is 5.69 Å². The van der Waals surface area contributed by atoms with Gasteiger partial charge in [-0.15, -0.1) is 5.10 Å². The average Bonchev–Trinajstić information content (AvgIpc) is 2.78. The fraction of sp³-hybridized carbons (Fsp3) is 0.400. The van der Waals surface area contributed by atoms with Crippen LogP contribution in [0, 0.1) is 0 Å². The molecular weight excluding hydrogens is 250 g/mol. The van der Waals surface area contributed by atoms with Gasteiger partial charge in [0.15, 0.2) is 5.65 Å². The predicted molar refractivity (Wildman–Crippen MR) is 69.5 cm³/mol. The highest BCUT2D eigenvalue weighted by molar-refractivity contribution is 5.80. The molecule has 1 atom stereocenters. The van der Waals surface area contributed by atoms with Crippen molar-refractivity contribution in [2.75, 3.05) is 11.9 Å². The van der Waals surface area contributed by atoms with Crippen molar-refractivity contribution in [2.24, 2.45) is 10.9 Å². The molecule has 102 valence electrons. The molecule has 0 spiro atoms. The summed E-state index contributed by atoms with van der Waals surface area (Å²) < 4.78 is 1.18. The molecule has 0 amide bonds. The van der Waals surface area contributed by atoms with Gasteiger partial charge in [-0.25, -0.2) is 9.89 Å². The molecule has 0 radical (unpaired) electrons. The molecule has 4 N–H and O–H groups in total. The quantitative estimate of drug-likeness (QED) is 0.293. The number of rotatable bonds is 4. The van der Waals surface area contributed by atoms with Gasteiger partial charge in [-0.3, -0.25) is 0 Å². The monoisotopic (exact) mass is 265 g/mol. The van der Waals surface area contributed by atoms with E-state index in [0.717, 1.165) is 0 Å². The van der Waals surface area contributed by atoms with Gasteiger partial charge in [0, 0.05) is 19.5 Å². The Morgan fingerprint density at radius 3 is 3.11 bits per heavy atom. The summed E-state index contributed by atoms with van der Waals surface area (Å²) in [5.41, 5.74) is 5.53. The number of nitrogens with one attached hydrogen (secondary N) is 1. The molecule has 0 aliphatic heterocycles. The summed E-state index contributed by atoms with van der Waals surface area (Å²) in [6.45, 7) is 1.90. The number of fused-ring (bicyclic) bond motifs is 1. The van der Waals surface area contributed by atoms with Crippen molar-refractivity contribution in [3.8, 4) is 0 Å². The molecule has 0 fully saturated rings. The highest BCUT2D eigenvalue weighted by Crippen LogP contribution is 2.13. The van der Waals surface area contributed by atoms with E-state index in [0.29, 0.717) is 17.9 Å². The highest BCUT2D eigenvalue weighted by Gasteiger charge is 2.14. The maximum atomic E-state index is 11.4. The summed E-state index contributed by atoms with van der Waals surface area (Å²) in [6.07, 6.45) is 0.382. The topological polar surface area (TPSA) is 125 Å². The van der Waals surface area contributed by atoms with E-state index in [1.54, 1.807) is 12.1 Å². The van der Waals surface area contributed by atoms with Gasteiger partial charge in [0.1, 0.15) is 11.7 Å². The molecule has 0 saturated carbocycles. The molecular formula is C10H15N7O2. The lowest BCUT2D eigenvalue weighted by molar-refractivity contribution is 0.316. The summed E-state index contributed by atoms with van der Waals surface area (Å²) in [5, 5.41) is 21.8. The van der Waals surface area contributed by atoms with E-state index in [1.165, 1.54) is 4.52 Å². The first-order valence-electron chi connectivity index (χ1n) is 5.66. The Bertz CT molecular complexity index is 659. The van der Waals surface area contributed by atoms with E-state index in [2.05, 4.69) is 20.5 Å². The zero-order chi connectivity index (χ0) is 14.0. The van der Waals surface area contributed by atoms with Crippen LogP contribution in [0.1, 0.15) is 13.3 Å². The molecule has 0 saturated heterocycles. The normalized spacial score (nSPS) is 13.7. The van der Waals surface area contributed by atoms with Crippen LogP contribution in [0.25, 0.3) is 5.65 Å². The number of hydrogen-bond donors (Lipinski definition) is 3. The van der Waals surface area contributed by atoms with Crippen LogP contribution in [0.2, 0.25) is 0 Å². The number of nitrogens with two attached hydrogens (primary N) is 1. The number of nitrogens with zero attached hydrogens (tertiary/aromatic N) is 5. The Morgan fingerprint density at radius 1 is 1.68 bits per heavy atom. The van der Waals surface area contributed by atoms with Crippen molar-refractivity contribution in [2.45, 2.75) is 19.4 Å². The molecule has 2 aromatic rings. The van der Waals surface area contributed by atoms with E-state index in [4.69, 9.17) is 10.9 Å². The number of amidine groups is 1. The number of anilines is 1. The molecule has 9 heteroatoms. The van der Waals surface area contributed by atoms with Crippen LogP contribution in [-0.4, -0.2) is 43.9 Å². The molecule has 2 aromatic heterocycles. The minimum atomic E-state index is -0.394. The number of H-pyrrole nitrogens is 1. The number of oxime groups is 1. The van der Waals surface area contributed by atoms with Crippen LogP contribution in [0.4, 0.5) is 5.82 Å². The van der Waals surface area contributed by atoms with Crippen LogP contribution in [0.5, 0.6) is 0 Å². The minimum absolute atomic E-state index is 0.0385. The predicted octanol–water partition coefficient (Wildman–Crippen LogP) is -0.621. The van der Waals surface area contributed by atoms with Crippen LogP contribution in [-0.2, 0) is 0 Å². The van der Waals surface area contributed by atoms with Gasteiger partial charge in [-0.1, -0.05) is 5.16 Å². The van der Waals surface area contributed by atoms with E-state index in [1.807, 2.05) is 18.9 Å². The second kappa shape index (κ2) is 4.96. The summed E-state index contributed by atoms with van der Waals surface area (Å²) in [4.78, 5) is 13.3. The van der Waals surface area contributed by atoms with Gasteiger partial charge < -0.3 is 15.8 Å².